The van der Waals surface area contributed by atoms with Crippen LogP contribution in [0.15, 0.2) is 30.3 Å². The quantitative estimate of drug-likeness (QED) is 0.643. The standard InChI is InChI=1S/C9H11Cl2FN2O2S2/c1-2-13-18(15,16)14(17-9(10,11)12)8-6-4-3-5-7-8/h3-7,13H,2H2,1H3. The second kappa shape index (κ2) is 6.29. The number of nitrogens with zero attached hydrogens (tertiary/aromatic N) is 1. The van der Waals surface area contributed by atoms with Gasteiger partial charge in [-0.05, 0) is 12.1 Å². The Morgan fingerprint density at radius 2 is 1.94 bits per heavy atom. The van der Waals surface area contributed by atoms with Crippen LogP contribution in [0.3, 0.4) is 0 Å². The normalized spacial score (nSPS) is 12.4. The molecule has 0 aliphatic rings. The molecule has 0 aromatic heterocycles. The maximum Gasteiger partial charge on any atom is 0.324 e. The molecule has 1 N–H and O–H groups in total. The van der Waals surface area contributed by atoms with Gasteiger partial charge in [0.2, 0.25) is 0 Å². The smallest absolute Gasteiger partial charge is 0.197 e. The van der Waals surface area contributed by atoms with Crippen LogP contribution < -0.4 is 8.43 Å². The third kappa shape index (κ3) is 4.81. The fourth-order valence-corrected chi connectivity index (χ4v) is 3.94. The predicted molar refractivity (Wildman–Crippen MR) is 74.7 cm³/mol. The van der Waals surface area contributed by atoms with Gasteiger partial charge in [0.1, 0.15) is 0 Å². The summed E-state index contributed by atoms with van der Waals surface area (Å²) in [6, 6.07) is 7.94. The van der Waals surface area contributed by atoms with E-state index in [1.807, 2.05) is 0 Å². The summed E-state index contributed by atoms with van der Waals surface area (Å²) in [5, 5.41) is 0. The molecule has 0 aliphatic carbocycles. The minimum absolute atomic E-state index is 0.149. The zero-order valence-corrected chi connectivity index (χ0v) is 12.5. The lowest BCUT2D eigenvalue weighted by atomic mass is 10.3. The summed E-state index contributed by atoms with van der Waals surface area (Å²) in [6.45, 7) is 1.77. The number of alkyl halides is 3. The highest BCUT2D eigenvalue weighted by molar-refractivity contribution is 8.16. The van der Waals surface area contributed by atoms with Crippen molar-refractivity contribution in [1.29, 1.82) is 0 Å². The summed E-state index contributed by atoms with van der Waals surface area (Å²) in [7, 11) is -3.92. The molecule has 0 heterocycles. The van der Waals surface area contributed by atoms with Crippen molar-refractivity contribution in [2.24, 2.45) is 0 Å². The summed E-state index contributed by atoms with van der Waals surface area (Å²) in [5.74, 6) is 0. The molecule has 0 bridgehead atoms. The molecular formula is C9H11Cl2FN2O2S2. The van der Waals surface area contributed by atoms with Crippen molar-refractivity contribution >= 4 is 51.0 Å². The van der Waals surface area contributed by atoms with Crippen molar-refractivity contribution in [2.45, 2.75) is 10.8 Å². The second-order valence-electron chi connectivity index (χ2n) is 3.10. The minimum atomic E-state index is -3.92. The number of hydrogen-bond acceptors (Lipinski definition) is 3. The lowest BCUT2D eigenvalue weighted by Crippen LogP contribution is -2.38. The van der Waals surface area contributed by atoms with Crippen molar-refractivity contribution in [3.05, 3.63) is 30.3 Å². The Labute approximate surface area is 120 Å². The maximum atomic E-state index is 13.3. The van der Waals surface area contributed by atoms with Crippen molar-refractivity contribution in [1.82, 2.24) is 4.72 Å². The molecule has 1 aromatic carbocycles. The number of rotatable bonds is 6. The molecule has 0 fully saturated rings. The molecule has 4 nitrogen and oxygen atoms in total. The summed E-state index contributed by atoms with van der Waals surface area (Å²) in [6.07, 6.45) is 0. The van der Waals surface area contributed by atoms with Crippen LogP contribution in [0.5, 0.6) is 0 Å². The Balaban J connectivity index is 3.12. The van der Waals surface area contributed by atoms with Gasteiger partial charge in [-0.25, -0.2) is 0 Å². The number of benzene rings is 1. The first-order valence-electron chi connectivity index (χ1n) is 4.87. The van der Waals surface area contributed by atoms with Crippen molar-refractivity contribution in [2.75, 3.05) is 10.3 Å². The van der Waals surface area contributed by atoms with E-state index in [-0.39, 0.29) is 24.2 Å². The van der Waals surface area contributed by atoms with Gasteiger partial charge in [0.25, 0.3) is 0 Å². The molecule has 102 valence electrons. The highest BCUT2D eigenvalue weighted by Crippen LogP contribution is 2.41. The predicted octanol–water partition coefficient (Wildman–Crippen LogP) is 3.05. The van der Waals surface area contributed by atoms with Gasteiger partial charge >= 0.3 is 14.1 Å². The van der Waals surface area contributed by atoms with Gasteiger partial charge in [0.15, 0.2) is 0 Å². The first-order chi connectivity index (χ1) is 8.26. The fourth-order valence-electron chi connectivity index (χ4n) is 1.13. The number of para-hydroxylation sites is 1. The van der Waals surface area contributed by atoms with Gasteiger partial charge in [-0.1, -0.05) is 48.3 Å². The van der Waals surface area contributed by atoms with E-state index >= 15 is 0 Å². The summed E-state index contributed by atoms with van der Waals surface area (Å²) >= 11 is 10.6. The molecule has 0 saturated carbocycles. The summed E-state index contributed by atoms with van der Waals surface area (Å²) < 4.78 is 37.3. The van der Waals surface area contributed by atoms with Crippen LogP contribution in [0.1, 0.15) is 6.92 Å². The lowest BCUT2D eigenvalue weighted by Gasteiger charge is -2.24. The van der Waals surface area contributed by atoms with Crippen molar-refractivity contribution < 1.29 is 12.8 Å². The molecule has 0 unspecified atom stereocenters. The zero-order valence-electron chi connectivity index (χ0n) is 9.31. The van der Waals surface area contributed by atoms with Gasteiger partial charge in [-0.15, -0.1) is 0 Å². The maximum absolute atomic E-state index is 13.3. The Bertz CT molecular complexity index is 479. The van der Waals surface area contributed by atoms with E-state index in [4.69, 9.17) is 23.2 Å². The van der Waals surface area contributed by atoms with Crippen molar-refractivity contribution in [3.8, 4) is 0 Å². The van der Waals surface area contributed by atoms with Gasteiger partial charge in [-0.2, -0.15) is 21.2 Å². The lowest BCUT2D eigenvalue weighted by molar-refractivity contribution is 0.515. The highest BCUT2D eigenvalue weighted by Gasteiger charge is 2.34. The molecule has 18 heavy (non-hydrogen) atoms. The Morgan fingerprint density at radius 3 is 2.39 bits per heavy atom. The van der Waals surface area contributed by atoms with Crippen LogP contribution in [0.25, 0.3) is 0 Å². The van der Waals surface area contributed by atoms with Gasteiger partial charge in [0, 0.05) is 18.5 Å². The fraction of sp³-hybridized carbons (Fsp3) is 0.333. The zero-order chi connectivity index (χ0) is 13.8. The van der Waals surface area contributed by atoms with Crippen molar-refractivity contribution in [3.63, 3.8) is 0 Å². The van der Waals surface area contributed by atoms with Gasteiger partial charge in [-0.3, -0.25) is 0 Å². The Kier molecular flexibility index (Phi) is 5.54. The number of nitrogens with one attached hydrogen (secondary N) is 1. The monoisotopic (exact) mass is 332 g/mol. The molecule has 0 aliphatic heterocycles. The van der Waals surface area contributed by atoms with Crippen LogP contribution in [0.4, 0.5) is 10.1 Å². The average Bonchev–Trinajstić information content (AvgIpc) is 2.26. The van der Waals surface area contributed by atoms with Crippen LogP contribution in [0, 0.1) is 0 Å². The molecule has 9 heteroatoms. The van der Waals surface area contributed by atoms with E-state index in [0.29, 0.717) is 3.71 Å². The minimum Gasteiger partial charge on any atom is -0.197 e. The van der Waals surface area contributed by atoms with Crippen LogP contribution in [0.2, 0.25) is 0 Å². The molecule has 0 spiro atoms. The Hall–Kier alpha value is -0.210. The molecule has 1 rings (SSSR count). The highest BCUT2D eigenvalue weighted by atomic mass is 35.5. The van der Waals surface area contributed by atoms with Crippen LogP contribution in [-0.2, 0) is 10.2 Å². The van der Waals surface area contributed by atoms with E-state index in [2.05, 4.69) is 4.72 Å². The van der Waals surface area contributed by atoms with Gasteiger partial charge < -0.3 is 0 Å². The SMILES string of the molecule is CCNS(=O)(=O)N(SC(F)(Cl)Cl)c1ccccc1. The number of halogens is 3. The molecular weight excluding hydrogens is 322 g/mol. The van der Waals surface area contributed by atoms with E-state index in [9.17, 15) is 12.8 Å². The van der Waals surface area contributed by atoms with Crippen LogP contribution in [-0.4, -0.2) is 18.9 Å². The van der Waals surface area contributed by atoms with Gasteiger partial charge in [0.05, 0.1) is 5.69 Å². The Morgan fingerprint density at radius 1 is 1.39 bits per heavy atom. The summed E-state index contributed by atoms with van der Waals surface area (Å²) in [4.78, 5) is 0. The third-order valence-electron chi connectivity index (χ3n) is 1.70. The van der Waals surface area contributed by atoms with E-state index in [1.165, 1.54) is 12.1 Å². The van der Waals surface area contributed by atoms with E-state index < -0.39 is 14.1 Å². The van der Waals surface area contributed by atoms with Crippen LogP contribution >= 0.6 is 35.1 Å². The first-order valence-corrected chi connectivity index (χ1v) is 7.84. The molecule has 0 atom stereocenters. The number of hydrogen-bond donors (Lipinski definition) is 1. The number of anilines is 1. The second-order valence-corrected chi connectivity index (χ2v) is 7.73. The average molecular weight is 333 g/mol. The molecule has 0 amide bonds. The first kappa shape index (κ1) is 15.8. The largest absolute Gasteiger partial charge is 0.324 e. The molecule has 0 saturated heterocycles. The molecule has 0 radical (unpaired) electrons. The third-order valence-corrected chi connectivity index (χ3v) is 4.81. The van der Waals surface area contributed by atoms with E-state index in [0.717, 1.165) is 0 Å². The molecule has 1 aromatic rings. The summed E-state index contributed by atoms with van der Waals surface area (Å²) in [5.41, 5.74) is 0.242. The topological polar surface area (TPSA) is 49.4 Å². The van der Waals surface area contributed by atoms with E-state index in [1.54, 1.807) is 25.1 Å².